The summed E-state index contributed by atoms with van der Waals surface area (Å²) in [5, 5.41) is 0. The molecule has 5 heteroatoms. The minimum Gasteiger partial charge on any atom is -0.490 e. The maximum Gasteiger partial charge on any atom is 0.183 e. The first-order valence-electron chi connectivity index (χ1n) is 8.20. The molecule has 2 aliphatic heterocycles. The van der Waals surface area contributed by atoms with Crippen LogP contribution in [0.3, 0.4) is 0 Å². The Morgan fingerprint density at radius 1 is 1.17 bits per heavy atom. The number of hydrogen-bond acceptors (Lipinski definition) is 4. The molecule has 0 amide bonds. The largest absolute Gasteiger partial charge is 0.490 e. The van der Waals surface area contributed by atoms with Crippen molar-refractivity contribution in [1.29, 1.82) is 0 Å². The van der Waals surface area contributed by atoms with Crippen molar-refractivity contribution < 1.29 is 4.74 Å². The Hall–Kier alpha value is -2.01. The van der Waals surface area contributed by atoms with Crippen molar-refractivity contribution in [3.63, 3.8) is 0 Å². The molecule has 1 atom stereocenters. The van der Waals surface area contributed by atoms with Gasteiger partial charge in [-0.15, -0.1) is 0 Å². The molecule has 23 heavy (non-hydrogen) atoms. The van der Waals surface area contributed by atoms with E-state index >= 15 is 0 Å². The molecule has 2 aliphatic rings. The highest BCUT2D eigenvalue weighted by Gasteiger charge is 2.22. The smallest absolute Gasteiger partial charge is 0.183 e. The van der Waals surface area contributed by atoms with Gasteiger partial charge in [-0.1, -0.05) is 24.3 Å². The first kappa shape index (κ1) is 14.6. The van der Waals surface area contributed by atoms with E-state index in [2.05, 4.69) is 40.2 Å². The fourth-order valence-corrected chi connectivity index (χ4v) is 3.40. The number of anilines is 1. The van der Waals surface area contributed by atoms with Crippen LogP contribution in [0.25, 0.3) is 0 Å². The van der Waals surface area contributed by atoms with Crippen molar-refractivity contribution in [2.75, 3.05) is 18.1 Å². The van der Waals surface area contributed by atoms with Gasteiger partial charge in [-0.05, 0) is 30.5 Å². The molecular formula is C18H20BN3O. The Bertz CT molecular complexity index is 668. The predicted molar refractivity (Wildman–Crippen MR) is 91.5 cm³/mol. The second-order valence-corrected chi connectivity index (χ2v) is 6.35. The number of pyridine rings is 1. The molecule has 0 N–H and O–H groups in total. The third-order valence-electron chi connectivity index (χ3n) is 4.77. The highest BCUT2D eigenvalue weighted by molar-refractivity contribution is 6.04. The second kappa shape index (κ2) is 6.24. The molecule has 0 aliphatic carbocycles. The van der Waals surface area contributed by atoms with Crippen molar-refractivity contribution in [2.24, 2.45) is 0 Å². The van der Waals surface area contributed by atoms with Crippen LogP contribution in [0, 0.1) is 0 Å². The van der Waals surface area contributed by atoms with E-state index < -0.39 is 0 Å². The molecule has 1 saturated heterocycles. The normalized spacial score (nSPS) is 20.7. The van der Waals surface area contributed by atoms with E-state index in [-0.39, 0.29) is 0 Å². The number of benzene rings is 1. The summed E-state index contributed by atoms with van der Waals surface area (Å²) in [5.41, 5.74) is 3.89. The summed E-state index contributed by atoms with van der Waals surface area (Å²) < 4.78 is 5.93. The number of nitrogens with zero attached hydrogens (tertiary/aromatic N) is 3. The summed E-state index contributed by atoms with van der Waals surface area (Å²) in [6, 6.07) is 11.0. The number of hydrogen-bond donors (Lipinski definition) is 0. The van der Waals surface area contributed by atoms with Crippen LogP contribution in [0.15, 0.2) is 42.7 Å². The summed E-state index contributed by atoms with van der Waals surface area (Å²) in [5.74, 6) is 0.818. The SMILES string of the molecule is [B]N1CCC[C@H]1COc1cncc(N2Cc3ccccc3C2)c1. The van der Waals surface area contributed by atoms with Crippen LogP contribution in [0.2, 0.25) is 0 Å². The second-order valence-electron chi connectivity index (χ2n) is 6.35. The van der Waals surface area contributed by atoms with Crippen LogP contribution in [0.5, 0.6) is 5.75 Å². The summed E-state index contributed by atoms with van der Waals surface area (Å²) in [4.78, 5) is 8.56. The van der Waals surface area contributed by atoms with Crippen LogP contribution in [-0.4, -0.2) is 37.0 Å². The van der Waals surface area contributed by atoms with Crippen molar-refractivity contribution in [2.45, 2.75) is 32.0 Å². The molecule has 2 radical (unpaired) electrons. The zero-order valence-electron chi connectivity index (χ0n) is 13.2. The molecular weight excluding hydrogens is 285 g/mol. The molecule has 1 fully saturated rings. The number of ether oxygens (including phenoxy) is 1. The predicted octanol–water partition coefficient (Wildman–Crippen LogP) is 2.53. The van der Waals surface area contributed by atoms with Crippen molar-refractivity contribution >= 4 is 13.7 Å². The molecule has 4 rings (SSSR count). The van der Waals surface area contributed by atoms with Gasteiger partial charge in [-0.2, -0.15) is 0 Å². The zero-order chi connectivity index (χ0) is 15.6. The van der Waals surface area contributed by atoms with E-state index in [0.29, 0.717) is 12.6 Å². The van der Waals surface area contributed by atoms with Gasteiger partial charge in [0.25, 0.3) is 0 Å². The lowest BCUT2D eigenvalue weighted by atomic mass is 10.1. The summed E-state index contributed by atoms with van der Waals surface area (Å²) >= 11 is 0. The lowest BCUT2D eigenvalue weighted by Gasteiger charge is -2.21. The van der Waals surface area contributed by atoms with Gasteiger partial charge >= 0.3 is 0 Å². The van der Waals surface area contributed by atoms with Crippen LogP contribution >= 0.6 is 0 Å². The Balaban J connectivity index is 1.43. The van der Waals surface area contributed by atoms with Crippen molar-refractivity contribution in [3.05, 3.63) is 53.9 Å². The minimum atomic E-state index is 0.315. The molecule has 0 bridgehead atoms. The van der Waals surface area contributed by atoms with Crippen molar-refractivity contribution in [3.8, 4) is 5.75 Å². The minimum absolute atomic E-state index is 0.315. The highest BCUT2D eigenvalue weighted by atomic mass is 16.5. The first-order valence-corrected chi connectivity index (χ1v) is 8.20. The maximum atomic E-state index is 5.95. The van der Waals surface area contributed by atoms with Crippen LogP contribution in [-0.2, 0) is 13.1 Å². The monoisotopic (exact) mass is 305 g/mol. The van der Waals surface area contributed by atoms with Gasteiger partial charge < -0.3 is 14.4 Å². The van der Waals surface area contributed by atoms with Gasteiger partial charge in [0.1, 0.15) is 12.4 Å². The Kier molecular flexibility index (Phi) is 3.96. The molecule has 116 valence electrons. The molecule has 4 nitrogen and oxygen atoms in total. The third kappa shape index (κ3) is 3.06. The molecule has 1 aromatic heterocycles. The summed E-state index contributed by atoms with van der Waals surface area (Å²) in [6.45, 7) is 3.45. The summed E-state index contributed by atoms with van der Waals surface area (Å²) in [6.07, 6.45) is 5.94. The van der Waals surface area contributed by atoms with Gasteiger partial charge in [-0.25, -0.2) is 0 Å². The topological polar surface area (TPSA) is 28.6 Å². The third-order valence-corrected chi connectivity index (χ3v) is 4.77. The van der Waals surface area contributed by atoms with Gasteiger partial charge in [0.15, 0.2) is 7.98 Å². The van der Waals surface area contributed by atoms with E-state index in [1.165, 1.54) is 11.1 Å². The molecule has 0 spiro atoms. The molecule has 0 unspecified atom stereocenters. The fraction of sp³-hybridized carbons (Fsp3) is 0.389. The Morgan fingerprint density at radius 3 is 2.65 bits per heavy atom. The lowest BCUT2D eigenvalue weighted by Crippen LogP contribution is -2.31. The fourth-order valence-electron chi connectivity index (χ4n) is 3.40. The molecule has 1 aromatic carbocycles. The lowest BCUT2D eigenvalue weighted by molar-refractivity contribution is 0.236. The summed E-state index contributed by atoms with van der Waals surface area (Å²) in [7, 11) is 5.95. The Morgan fingerprint density at radius 2 is 1.96 bits per heavy atom. The van der Waals surface area contributed by atoms with Gasteiger partial charge in [0.05, 0.1) is 18.1 Å². The van der Waals surface area contributed by atoms with E-state index in [0.717, 1.165) is 43.9 Å². The van der Waals surface area contributed by atoms with Crippen LogP contribution in [0.4, 0.5) is 5.69 Å². The van der Waals surface area contributed by atoms with Crippen LogP contribution < -0.4 is 9.64 Å². The standard InChI is InChI=1S/C18H20BN3O/c19-22-7-3-6-16(22)13-23-18-8-17(9-20-10-18)21-11-14-4-1-2-5-15(14)12-21/h1-2,4-5,8-10,16H,3,6-7,11-13H2/t16-/m0/s1. The molecule has 3 heterocycles. The number of aromatic nitrogens is 1. The maximum absolute atomic E-state index is 5.95. The molecule has 2 aromatic rings. The number of rotatable bonds is 4. The highest BCUT2D eigenvalue weighted by Crippen LogP contribution is 2.29. The van der Waals surface area contributed by atoms with Crippen LogP contribution in [0.1, 0.15) is 24.0 Å². The van der Waals surface area contributed by atoms with Gasteiger partial charge in [0, 0.05) is 25.2 Å². The van der Waals surface area contributed by atoms with Gasteiger partial charge in [-0.3, -0.25) is 4.98 Å². The van der Waals surface area contributed by atoms with E-state index in [4.69, 9.17) is 12.7 Å². The number of fused-ring (bicyclic) bond motifs is 1. The molecule has 0 saturated carbocycles. The Labute approximate surface area is 138 Å². The van der Waals surface area contributed by atoms with E-state index in [1.807, 2.05) is 11.0 Å². The van der Waals surface area contributed by atoms with E-state index in [1.54, 1.807) is 6.20 Å². The average Bonchev–Trinajstić information content (AvgIpc) is 3.19. The average molecular weight is 305 g/mol. The van der Waals surface area contributed by atoms with E-state index in [9.17, 15) is 0 Å². The first-order chi connectivity index (χ1) is 11.3. The van der Waals surface area contributed by atoms with Crippen molar-refractivity contribution in [1.82, 2.24) is 9.79 Å². The van der Waals surface area contributed by atoms with Gasteiger partial charge in [0.2, 0.25) is 0 Å². The quantitative estimate of drug-likeness (QED) is 0.812. The zero-order valence-corrected chi connectivity index (χ0v) is 13.2.